The zero-order chi connectivity index (χ0) is 22.1. The van der Waals surface area contributed by atoms with Crippen LogP contribution in [-0.2, 0) is 4.79 Å². The van der Waals surface area contributed by atoms with E-state index in [-0.39, 0.29) is 0 Å². The molecule has 8 heteroatoms. The van der Waals surface area contributed by atoms with E-state index in [1.54, 1.807) is 17.7 Å². The van der Waals surface area contributed by atoms with E-state index < -0.39 is 11.9 Å². The van der Waals surface area contributed by atoms with Crippen LogP contribution in [0.15, 0.2) is 59.8 Å². The lowest BCUT2D eigenvalue weighted by atomic mass is 9.95. The molecule has 1 atom stereocenters. The molecule has 2 heterocycles. The molecule has 0 radical (unpaired) electrons. The first kappa shape index (κ1) is 20.9. The topological polar surface area (TPSA) is 89.1 Å². The third kappa shape index (κ3) is 3.77. The molecule has 1 aliphatic heterocycles. The third-order valence-electron chi connectivity index (χ3n) is 5.57. The highest BCUT2D eigenvalue weighted by atomic mass is 35.5. The number of carbonyl (C=O) groups excluding carboxylic acids is 1. The van der Waals surface area contributed by atoms with Gasteiger partial charge in [-0.15, -0.1) is 5.10 Å². The van der Waals surface area contributed by atoms with Gasteiger partial charge in [-0.1, -0.05) is 29.8 Å². The van der Waals surface area contributed by atoms with Crippen LogP contribution in [0.3, 0.4) is 0 Å². The van der Waals surface area contributed by atoms with Crippen molar-refractivity contribution in [3.05, 3.63) is 70.4 Å². The van der Waals surface area contributed by atoms with Gasteiger partial charge in [0.2, 0.25) is 11.9 Å². The van der Waals surface area contributed by atoms with Crippen LogP contribution < -0.4 is 16.0 Å². The number of fused-ring (bicyclic) bond motifs is 1. The van der Waals surface area contributed by atoms with Gasteiger partial charge in [0.05, 0.1) is 5.57 Å². The molecule has 0 spiro atoms. The number of benzene rings is 2. The lowest BCUT2D eigenvalue weighted by molar-refractivity contribution is -0.115. The average Bonchev–Trinajstić information content (AvgIpc) is 3.18. The molecule has 4 rings (SSSR count). The fourth-order valence-electron chi connectivity index (χ4n) is 3.99. The molecule has 0 aliphatic carbocycles. The van der Waals surface area contributed by atoms with Crippen molar-refractivity contribution in [3.63, 3.8) is 0 Å². The zero-order valence-electron chi connectivity index (χ0n) is 17.8. The second kappa shape index (κ2) is 8.43. The smallest absolute Gasteiger partial charge is 0.248 e. The maximum Gasteiger partial charge on any atom is 0.248 e. The lowest BCUT2D eigenvalue weighted by Gasteiger charge is -2.28. The fraction of sp³-hybridized carbons (Fsp3) is 0.261. The van der Waals surface area contributed by atoms with Crippen LogP contribution in [0.25, 0.3) is 11.4 Å². The molecule has 0 saturated heterocycles. The molecule has 160 valence electrons. The number of nitrogens with two attached hydrogens (primary N) is 1. The number of amides is 1. The molecule has 1 aliphatic rings. The minimum atomic E-state index is -0.557. The van der Waals surface area contributed by atoms with Crippen molar-refractivity contribution < 1.29 is 4.79 Å². The minimum Gasteiger partial charge on any atom is -0.372 e. The molecule has 0 saturated carbocycles. The lowest BCUT2D eigenvalue weighted by Crippen LogP contribution is -2.32. The predicted octanol–water partition coefficient (Wildman–Crippen LogP) is 4.22. The molecule has 1 aromatic heterocycles. The van der Waals surface area contributed by atoms with Crippen molar-refractivity contribution in [2.45, 2.75) is 26.8 Å². The highest BCUT2D eigenvalue weighted by molar-refractivity contribution is 6.31. The van der Waals surface area contributed by atoms with E-state index in [0.29, 0.717) is 28.1 Å². The van der Waals surface area contributed by atoms with Crippen molar-refractivity contribution in [1.29, 1.82) is 0 Å². The van der Waals surface area contributed by atoms with Crippen LogP contribution in [0.4, 0.5) is 11.6 Å². The van der Waals surface area contributed by atoms with E-state index in [1.165, 1.54) is 0 Å². The Morgan fingerprint density at radius 1 is 1.16 bits per heavy atom. The molecule has 7 nitrogen and oxygen atoms in total. The van der Waals surface area contributed by atoms with Crippen molar-refractivity contribution in [1.82, 2.24) is 14.8 Å². The first-order chi connectivity index (χ1) is 14.9. The number of halogens is 1. The van der Waals surface area contributed by atoms with Crippen molar-refractivity contribution in [2.75, 3.05) is 23.3 Å². The SMILES string of the molecule is CCN(CC)c1ccc(-c2nc3n(n2)C(c2ccccc2Cl)C(C(N)=O)=C(C)N3)cc1. The Balaban J connectivity index is 1.79. The van der Waals surface area contributed by atoms with Gasteiger partial charge in [-0.3, -0.25) is 4.79 Å². The summed E-state index contributed by atoms with van der Waals surface area (Å²) in [6.45, 7) is 7.96. The van der Waals surface area contributed by atoms with Gasteiger partial charge in [0, 0.05) is 40.6 Å². The Morgan fingerprint density at radius 3 is 2.45 bits per heavy atom. The fourth-order valence-corrected chi connectivity index (χ4v) is 4.23. The molecule has 2 aromatic carbocycles. The molecule has 3 aromatic rings. The highest BCUT2D eigenvalue weighted by Crippen LogP contribution is 2.38. The van der Waals surface area contributed by atoms with Gasteiger partial charge in [-0.05, 0) is 51.1 Å². The molecule has 0 fully saturated rings. The summed E-state index contributed by atoms with van der Waals surface area (Å²) < 4.78 is 1.68. The largest absolute Gasteiger partial charge is 0.372 e. The van der Waals surface area contributed by atoms with Gasteiger partial charge in [-0.2, -0.15) is 4.98 Å². The first-order valence-electron chi connectivity index (χ1n) is 10.3. The molecule has 3 N–H and O–H groups in total. The second-order valence-electron chi connectivity index (χ2n) is 7.37. The molecule has 0 bridgehead atoms. The zero-order valence-corrected chi connectivity index (χ0v) is 18.5. The number of hydrogen-bond acceptors (Lipinski definition) is 5. The normalized spacial score (nSPS) is 15.4. The van der Waals surface area contributed by atoms with Crippen molar-refractivity contribution in [3.8, 4) is 11.4 Å². The number of nitrogens with zero attached hydrogens (tertiary/aromatic N) is 4. The number of nitrogens with one attached hydrogen (secondary N) is 1. The van der Waals surface area contributed by atoms with E-state index in [4.69, 9.17) is 22.4 Å². The summed E-state index contributed by atoms with van der Waals surface area (Å²) >= 11 is 6.48. The van der Waals surface area contributed by atoms with Crippen molar-refractivity contribution in [2.24, 2.45) is 5.73 Å². The molecule has 31 heavy (non-hydrogen) atoms. The number of primary amides is 1. The quantitative estimate of drug-likeness (QED) is 0.603. The second-order valence-corrected chi connectivity index (χ2v) is 7.78. The van der Waals surface area contributed by atoms with Gasteiger partial charge in [0.15, 0.2) is 5.82 Å². The summed E-state index contributed by atoms with van der Waals surface area (Å²) in [7, 11) is 0. The maximum absolute atomic E-state index is 12.3. The number of rotatable bonds is 6. The summed E-state index contributed by atoms with van der Waals surface area (Å²) in [6, 6.07) is 15.0. The summed E-state index contributed by atoms with van der Waals surface area (Å²) in [5.41, 5.74) is 9.57. The molecular formula is C23H25ClN6O. The highest BCUT2D eigenvalue weighted by Gasteiger charge is 2.34. The van der Waals surface area contributed by atoms with Crippen molar-refractivity contribution >= 4 is 29.1 Å². The number of allylic oxidation sites excluding steroid dienone is 1. The molecule has 1 unspecified atom stereocenters. The van der Waals surface area contributed by atoms with E-state index in [9.17, 15) is 4.79 Å². The van der Waals surface area contributed by atoms with Gasteiger partial charge in [0.1, 0.15) is 6.04 Å². The van der Waals surface area contributed by atoms with Crippen LogP contribution in [-0.4, -0.2) is 33.8 Å². The standard InChI is InChI=1S/C23H25ClN6O/c1-4-29(5-2)16-12-10-15(11-13-16)22-27-23-26-14(3)19(21(25)31)20(30(23)28-22)17-8-6-7-9-18(17)24/h6-13,20H,4-5H2,1-3H3,(H2,25,31)(H,26,27,28). The Hall–Kier alpha value is -3.32. The minimum absolute atomic E-state index is 0.411. The average molecular weight is 437 g/mol. The summed E-state index contributed by atoms with van der Waals surface area (Å²) in [6.07, 6.45) is 0. The number of aromatic nitrogens is 3. The van der Waals surface area contributed by atoms with Crippen LogP contribution >= 0.6 is 11.6 Å². The van der Waals surface area contributed by atoms with Gasteiger partial charge < -0.3 is 16.0 Å². The Kier molecular flexibility index (Phi) is 5.69. The van der Waals surface area contributed by atoms with Gasteiger partial charge in [-0.25, -0.2) is 4.68 Å². The first-order valence-corrected chi connectivity index (χ1v) is 10.7. The number of anilines is 2. The maximum atomic E-state index is 12.3. The Labute approximate surface area is 186 Å². The van der Waals surface area contributed by atoms with E-state index in [1.807, 2.05) is 30.3 Å². The van der Waals surface area contributed by atoms with Gasteiger partial charge >= 0.3 is 0 Å². The summed E-state index contributed by atoms with van der Waals surface area (Å²) in [5, 5.41) is 8.43. The summed E-state index contributed by atoms with van der Waals surface area (Å²) in [5.74, 6) is 0.570. The van der Waals surface area contributed by atoms with Crippen LogP contribution in [0.2, 0.25) is 5.02 Å². The Bertz CT molecular complexity index is 1150. The van der Waals surface area contributed by atoms with E-state index in [2.05, 4.69) is 41.2 Å². The number of carbonyl (C=O) groups is 1. The monoisotopic (exact) mass is 436 g/mol. The van der Waals surface area contributed by atoms with Crippen LogP contribution in [0.1, 0.15) is 32.4 Å². The number of hydrogen-bond donors (Lipinski definition) is 2. The molecule has 1 amide bonds. The third-order valence-corrected chi connectivity index (χ3v) is 5.92. The molecular weight excluding hydrogens is 412 g/mol. The summed E-state index contributed by atoms with van der Waals surface area (Å²) in [4.78, 5) is 19.3. The van der Waals surface area contributed by atoms with Crippen LogP contribution in [0.5, 0.6) is 0 Å². The predicted molar refractivity (Wildman–Crippen MR) is 124 cm³/mol. The van der Waals surface area contributed by atoms with Crippen LogP contribution in [0, 0.1) is 0 Å². The van der Waals surface area contributed by atoms with E-state index in [0.717, 1.165) is 29.9 Å². The Morgan fingerprint density at radius 2 is 1.84 bits per heavy atom. The van der Waals surface area contributed by atoms with Gasteiger partial charge in [0.25, 0.3) is 0 Å². The van der Waals surface area contributed by atoms with E-state index >= 15 is 0 Å².